The van der Waals surface area contributed by atoms with Gasteiger partial charge in [0.25, 0.3) is 0 Å². The van der Waals surface area contributed by atoms with Gasteiger partial charge in [-0.1, -0.05) is 0 Å². The number of rotatable bonds is 5. The van der Waals surface area contributed by atoms with E-state index in [2.05, 4.69) is 20.7 Å². The Kier molecular flexibility index (Phi) is 4.68. The first-order chi connectivity index (χ1) is 8.32. The quantitative estimate of drug-likeness (QED) is 0.538. The first-order valence-electron chi connectivity index (χ1n) is 5.14. The van der Waals surface area contributed by atoms with E-state index in [-0.39, 0.29) is 11.6 Å². The van der Waals surface area contributed by atoms with Gasteiger partial charge in [0.15, 0.2) is 0 Å². The van der Waals surface area contributed by atoms with Crippen LogP contribution in [0.4, 0.5) is 24.8 Å². The van der Waals surface area contributed by atoms with E-state index in [0.29, 0.717) is 13.1 Å². The zero-order chi connectivity index (χ0) is 13.8. The third kappa shape index (κ3) is 4.34. The van der Waals surface area contributed by atoms with Crippen LogP contribution in [0.15, 0.2) is 6.07 Å². The van der Waals surface area contributed by atoms with Gasteiger partial charge in [-0.2, -0.15) is 13.2 Å². The Balaban J connectivity index is 2.84. The maximum atomic E-state index is 12.5. The highest BCUT2D eigenvalue weighted by Gasteiger charge is 2.35. The average Bonchev–Trinajstić information content (AvgIpc) is 2.27. The molecular formula is C9H15F3N6. The molecule has 0 radical (unpaired) electrons. The van der Waals surface area contributed by atoms with Crippen LogP contribution in [-0.4, -0.2) is 42.1 Å². The number of nitrogens with one attached hydrogen (secondary N) is 2. The summed E-state index contributed by atoms with van der Waals surface area (Å²) in [7, 11) is 3.71. The SMILES string of the molecule is CN(C)CCNc1cc(NN)nc(C(F)(F)F)n1. The molecule has 0 spiro atoms. The Hall–Kier alpha value is -1.61. The van der Waals surface area contributed by atoms with Gasteiger partial charge in [-0.15, -0.1) is 0 Å². The van der Waals surface area contributed by atoms with Crippen molar-refractivity contribution in [3.05, 3.63) is 11.9 Å². The van der Waals surface area contributed by atoms with Gasteiger partial charge < -0.3 is 15.6 Å². The number of halogens is 3. The standard InChI is InChI=1S/C9H15F3N6/c1-18(2)4-3-14-6-5-7(17-13)16-8(15-6)9(10,11)12/h5H,3-4,13H2,1-2H3,(H2,14,15,16,17). The average molecular weight is 264 g/mol. The number of nitrogens with zero attached hydrogens (tertiary/aromatic N) is 3. The zero-order valence-corrected chi connectivity index (χ0v) is 10.0. The molecule has 0 aliphatic carbocycles. The second-order valence-corrected chi connectivity index (χ2v) is 3.83. The third-order valence-corrected chi connectivity index (χ3v) is 1.99. The van der Waals surface area contributed by atoms with Crippen LogP contribution in [0.25, 0.3) is 0 Å². The molecule has 1 rings (SSSR count). The van der Waals surface area contributed by atoms with Crippen molar-refractivity contribution in [3.63, 3.8) is 0 Å². The molecule has 0 aliphatic rings. The molecule has 102 valence electrons. The van der Waals surface area contributed by atoms with Gasteiger partial charge >= 0.3 is 6.18 Å². The zero-order valence-electron chi connectivity index (χ0n) is 10.0. The molecule has 6 nitrogen and oxygen atoms in total. The van der Waals surface area contributed by atoms with Gasteiger partial charge in [0.05, 0.1) is 0 Å². The van der Waals surface area contributed by atoms with Crippen molar-refractivity contribution in [1.82, 2.24) is 14.9 Å². The molecule has 0 saturated carbocycles. The van der Waals surface area contributed by atoms with E-state index in [1.165, 1.54) is 6.07 Å². The van der Waals surface area contributed by atoms with Gasteiger partial charge in [0.2, 0.25) is 5.82 Å². The molecule has 0 fully saturated rings. The summed E-state index contributed by atoms with van der Waals surface area (Å²) in [5, 5.41) is 2.77. The van der Waals surface area contributed by atoms with Crippen LogP contribution >= 0.6 is 0 Å². The van der Waals surface area contributed by atoms with Crippen molar-refractivity contribution in [1.29, 1.82) is 0 Å². The molecule has 1 heterocycles. The van der Waals surface area contributed by atoms with Crippen molar-refractivity contribution in [2.45, 2.75) is 6.18 Å². The Bertz CT molecular complexity index is 392. The molecule has 0 unspecified atom stereocenters. The lowest BCUT2D eigenvalue weighted by Crippen LogP contribution is -2.22. The van der Waals surface area contributed by atoms with E-state index in [1.807, 2.05) is 19.0 Å². The molecule has 9 heteroatoms. The molecule has 4 N–H and O–H groups in total. The lowest BCUT2D eigenvalue weighted by Gasteiger charge is -2.13. The fraction of sp³-hybridized carbons (Fsp3) is 0.556. The largest absolute Gasteiger partial charge is 0.451 e. The van der Waals surface area contributed by atoms with Gasteiger partial charge in [-0.3, -0.25) is 0 Å². The number of alkyl halides is 3. The first-order valence-corrected chi connectivity index (χ1v) is 5.14. The van der Waals surface area contributed by atoms with Crippen LogP contribution in [0.2, 0.25) is 0 Å². The van der Waals surface area contributed by atoms with E-state index < -0.39 is 12.0 Å². The lowest BCUT2D eigenvalue weighted by atomic mass is 10.4. The Morgan fingerprint density at radius 1 is 1.28 bits per heavy atom. The molecule has 0 saturated heterocycles. The fourth-order valence-corrected chi connectivity index (χ4v) is 1.15. The number of hydrogen-bond acceptors (Lipinski definition) is 6. The number of hydrazine groups is 1. The van der Waals surface area contributed by atoms with Gasteiger partial charge in [-0.25, -0.2) is 15.8 Å². The van der Waals surface area contributed by atoms with Crippen LogP contribution in [0.1, 0.15) is 5.82 Å². The van der Waals surface area contributed by atoms with Gasteiger partial charge in [0.1, 0.15) is 11.6 Å². The highest BCUT2D eigenvalue weighted by molar-refractivity contribution is 5.47. The number of aromatic nitrogens is 2. The maximum absolute atomic E-state index is 12.5. The molecule has 1 aromatic heterocycles. The number of anilines is 2. The van der Waals surface area contributed by atoms with E-state index in [4.69, 9.17) is 5.84 Å². The Morgan fingerprint density at radius 3 is 2.39 bits per heavy atom. The monoisotopic (exact) mass is 264 g/mol. The minimum Gasteiger partial charge on any atom is -0.369 e. The second kappa shape index (κ2) is 5.83. The van der Waals surface area contributed by atoms with E-state index >= 15 is 0 Å². The summed E-state index contributed by atoms with van der Waals surface area (Å²) in [6, 6.07) is 1.31. The van der Waals surface area contributed by atoms with Gasteiger partial charge in [0, 0.05) is 19.2 Å². The molecule has 0 atom stereocenters. The fourth-order valence-electron chi connectivity index (χ4n) is 1.15. The third-order valence-electron chi connectivity index (χ3n) is 1.99. The summed E-state index contributed by atoms with van der Waals surface area (Å²) >= 11 is 0. The van der Waals surface area contributed by atoms with Crippen LogP contribution in [0.3, 0.4) is 0 Å². The summed E-state index contributed by atoms with van der Waals surface area (Å²) in [5.41, 5.74) is 2.08. The topological polar surface area (TPSA) is 79.1 Å². The van der Waals surface area contributed by atoms with Crippen molar-refractivity contribution >= 4 is 11.6 Å². The highest BCUT2D eigenvalue weighted by Crippen LogP contribution is 2.28. The van der Waals surface area contributed by atoms with E-state index in [9.17, 15) is 13.2 Å². The first kappa shape index (κ1) is 14.5. The summed E-state index contributed by atoms with van der Waals surface area (Å²) in [4.78, 5) is 8.52. The Labute approximate surface area is 102 Å². The van der Waals surface area contributed by atoms with E-state index in [1.54, 1.807) is 0 Å². The molecular weight excluding hydrogens is 249 g/mol. The normalized spacial score (nSPS) is 11.7. The van der Waals surface area contributed by atoms with Crippen molar-refractivity contribution in [2.75, 3.05) is 37.9 Å². The molecule has 0 aliphatic heterocycles. The number of hydrogen-bond donors (Lipinski definition) is 3. The van der Waals surface area contributed by atoms with Crippen LogP contribution in [-0.2, 0) is 6.18 Å². The Morgan fingerprint density at radius 2 is 1.89 bits per heavy atom. The second-order valence-electron chi connectivity index (χ2n) is 3.83. The summed E-state index contributed by atoms with van der Waals surface area (Å²) in [5.74, 6) is 3.82. The van der Waals surface area contributed by atoms with Crippen molar-refractivity contribution in [2.24, 2.45) is 5.84 Å². The molecule has 18 heavy (non-hydrogen) atoms. The smallest absolute Gasteiger partial charge is 0.369 e. The molecule has 1 aromatic rings. The van der Waals surface area contributed by atoms with Crippen LogP contribution < -0.4 is 16.6 Å². The van der Waals surface area contributed by atoms with E-state index in [0.717, 1.165) is 0 Å². The van der Waals surface area contributed by atoms with Crippen LogP contribution in [0, 0.1) is 0 Å². The molecule has 0 bridgehead atoms. The predicted molar refractivity (Wildman–Crippen MR) is 61.9 cm³/mol. The number of nitrogen functional groups attached to an aromatic ring is 1. The summed E-state index contributed by atoms with van der Waals surface area (Å²) in [6.07, 6.45) is -4.61. The minimum atomic E-state index is -4.61. The number of nitrogens with two attached hydrogens (primary N) is 1. The number of likely N-dealkylation sites (N-methyl/N-ethyl adjacent to an activating group) is 1. The minimum absolute atomic E-state index is 0.0760. The molecule has 0 amide bonds. The van der Waals surface area contributed by atoms with Crippen LogP contribution in [0.5, 0.6) is 0 Å². The van der Waals surface area contributed by atoms with Gasteiger partial charge in [-0.05, 0) is 14.1 Å². The van der Waals surface area contributed by atoms with Crippen molar-refractivity contribution < 1.29 is 13.2 Å². The highest BCUT2D eigenvalue weighted by atomic mass is 19.4. The molecule has 0 aromatic carbocycles. The summed E-state index contributed by atoms with van der Waals surface area (Å²) in [6.45, 7) is 1.13. The predicted octanol–water partition coefficient (Wildman–Crippen LogP) is 0.754. The lowest BCUT2D eigenvalue weighted by molar-refractivity contribution is -0.144. The van der Waals surface area contributed by atoms with Crippen molar-refractivity contribution in [3.8, 4) is 0 Å². The summed E-state index contributed by atoms with van der Waals surface area (Å²) < 4.78 is 37.5. The maximum Gasteiger partial charge on any atom is 0.451 e.